The fourth-order valence-electron chi connectivity index (χ4n) is 7.86. The SMILES string of the molecule is NCc1sc2ccccc2c1NCn1c2ccccc2c2ccc(-c3ccc4c(c3)c3ccccc3n4-c3ccc(-c4ccccc4)cc3)cc21. The number of hydrogen-bond acceptors (Lipinski definition) is 3. The van der Waals surface area contributed by atoms with Crippen LogP contribution in [0.15, 0.2) is 164 Å². The number of fused-ring (bicyclic) bond motifs is 7. The van der Waals surface area contributed by atoms with E-state index in [9.17, 15) is 0 Å². The molecule has 0 spiro atoms. The zero-order valence-corrected chi connectivity index (χ0v) is 28.7. The van der Waals surface area contributed by atoms with Crippen LogP contribution >= 0.6 is 11.3 Å². The average molecular weight is 675 g/mol. The molecule has 0 aliphatic rings. The maximum atomic E-state index is 6.23. The number of nitrogens with zero attached hydrogens (tertiary/aromatic N) is 2. The van der Waals surface area contributed by atoms with Crippen LogP contribution in [0.25, 0.3) is 81.6 Å². The summed E-state index contributed by atoms with van der Waals surface area (Å²) in [6.45, 7) is 1.15. The van der Waals surface area contributed by atoms with Crippen molar-refractivity contribution in [2.24, 2.45) is 5.73 Å². The van der Waals surface area contributed by atoms with Crippen molar-refractivity contribution in [1.29, 1.82) is 0 Å². The maximum absolute atomic E-state index is 6.23. The van der Waals surface area contributed by atoms with Crippen LogP contribution in [0.2, 0.25) is 0 Å². The zero-order chi connectivity index (χ0) is 33.9. The summed E-state index contributed by atoms with van der Waals surface area (Å²) in [5.41, 5.74) is 18.2. The van der Waals surface area contributed by atoms with Crippen LogP contribution in [0.5, 0.6) is 0 Å². The molecule has 0 bridgehead atoms. The third-order valence-corrected chi connectivity index (χ3v) is 11.5. The van der Waals surface area contributed by atoms with E-state index in [1.165, 1.54) is 80.8 Å². The van der Waals surface area contributed by atoms with Crippen LogP contribution in [0, 0.1) is 0 Å². The molecule has 0 saturated heterocycles. The maximum Gasteiger partial charge on any atom is 0.0926 e. The van der Waals surface area contributed by atoms with E-state index in [0.29, 0.717) is 13.2 Å². The Kier molecular flexibility index (Phi) is 7.01. The van der Waals surface area contributed by atoms with Crippen LogP contribution in [-0.2, 0) is 13.2 Å². The molecule has 51 heavy (non-hydrogen) atoms. The molecule has 4 nitrogen and oxygen atoms in total. The first-order chi connectivity index (χ1) is 25.2. The van der Waals surface area contributed by atoms with Gasteiger partial charge in [-0.3, -0.25) is 0 Å². The van der Waals surface area contributed by atoms with E-state index in [1.54, 1.807) is 11.3 Å². The van der Waals surface area contributed by atoms with E-state index in [2.05, 4.69) is 178 Å². The Balaban J connectivity index is 1.08. The summed E-state index contributed by atoms with van der Waals surface area (Å²) in [5, 5.41) is 10.0. The van der Waals surface area contributed by atoms with E-state index in [4.69, 9.17) is 5.73 Å². The predicted octanol–water partition coefficient (Wildman–Crippen LogP) is 12.0. The van der Waals surface area contributed by atoms with Crippen molar-refractivity contribution in [3.8, 4) is 27.9 Å². The normalized spacial score (nSPS) is 11.8. The molecule has 5 heteroatoms. The van der Waals surface area contributed by atoms with Crippen molar-refractivity contribution in [2.45, 2.75) is 13.2 Å². The smallest absolute Gasteiger partial charge is 0.0926 e. The third kappa shape index (κ3) is 4.85. The molecule has 10 rings (SSSR count). The van der Waals surface area contributed by atoms with Crippen molar-refractivity contribution < 1.29 is 0 Å². The molecule has 3 heterocycles. The average Bonchev–Trinajstić information content (AvgIpc) is 3.84. The molecule has 3 N–H and O–H groups in total. The standard InChI is InChI=1S/C46H34N4S/c47-28-45-46(38-14-6-9-17-44(38)51-45)48-29-49-40-15-7-4-12-35(40)37-24-20-33(27-43(37)49)32-21-25-42-39(26-32)36-13-5-8-16-41(36)50(42)34-22-18-31(19-23-34)30-10-2-1-3-11-30/h1-27,48H,28-29,47H2. The van der Waals surface area contributed by atoms with Crippen molar-refractivity contribution in [1.82, 2.24) is 9.13 Å². The van der Waals surface area contributed by atoms with Crippen molar-refractivity contribution in [3.05, 3.63) is 169 Å². The van der Waals surface area contributed by atoms with Gasteiger partial charge >= 0.3 is 0 Å². The lowest BCUT2D eigenvalue weighted by Crippen LogP contribution is -2.09. The minimum absolute atomic E-state index is 0.511. The molecule has 0 saturated carbocycles. The number of rotatable bonds is 7. The molecule has 0 unspecified atom stereocenters. The van der Waals surface area contributed by atoms with Gasteiger partial charge in [-0.15, -0.1) is 11.3 Å². The number of thiophene rings is 1. The largest absolute Gasteiger partial charge is 0.366 e. The molecule has 244 valence electrons. The minimum Gasteiger partial charge on any atom is -0.366 e. The van der Waals surface area contributed by atoms with Gasteiger partial charge in [-0.05, 0) is 70.8 Å². The number of aromatic nitrogens is 2. The van der Waals surface area contributed by atoms with Gasteiger partial charge in [0, 0.05) is 48.7 Å². The fourth-order valence-corrected chi connectivity index (χ4v) is 8.91. The molecule has 3 aromatic heterocycles. The van der Waals surface area contributed by atoms with Crippen LogP contribution in [-0.4, -0.2) is 9.13 Å². The summed E-state index contributed by atoms with van der Waals surface area (Å²) >= 11 is 1.77. The van der Waals surface area contributed by atoms with Crippen molar-refractivity contribution in [2.75, 3.05) is 5.32 Å². The summed E-state index contributed by atoms with van der Waals surface area (Å²) in [4.78, 5) is 1.18. The quantitative estimate of drug-likeness (QED) is 0.177. The van der Waals surface area contributed by atoms with Crippen LogP contribution in [0.3, 0.4) is 0 Å². The highest BCUT2D eigenvalue weighted by molar-refractivity contribution is 7.19. The topological polar surface area (TPSA) is 47.9 Å². The van der Waals surface area contributed by atoms with Crippen molar-refractivity contribution >= 4 is 70.7 Å². The highest BCUT2D eigenvalue weighted by atomic mass is 32.1. The van der Waals surface area contributed by atoms with Crippen LogP contribution < -0.4 is 11.1 Å². The van der Waals surface area contributed by atoms with Gasteiger partial charge < -0.3 is 20.2 Å². The Bertz CT molecular complexity index is 2890. The van der Waals surface area contributed by atoms with Gasteiger partial charge in [0.25, 0.3) is 0 Å². The molecule has 0 fully saturated rings. The third-order valence-electron chi connectivity index (χ3n) is 10.3. The molecule has 10 aromatic rings. The lowest BCUT2D eigenvalue weighted by atomic mass is 10.0. The van der Waals surface area contributed by atoms with E-state index in [0.717, 1.165) is 11.4 Å². The number of hydrogen-bond donors (Lipinski definition) is 2. The Hall–Kier alpha value is -6.14. The van der Waals surface area contributed by atoms with Gasteiger partial charge in [0.1, 0.15) is 0 Å². The first-order valence-corrected chi connectivity index (χ1v) is 18.2. The van der Waals surface area contributed by atoms with Crippen LogP contribution in [0.1, 0.15) is 4.88 Å². The highest BCUT2D eigenvalue weighted by Crippen LogP contribution is 2.39. The van der Waals surface area contributed by atoms with Crippen molar-refractivity contribution in [3.63, 3.8) is 0 Å². The molecule has 0 amide bonds. The molecule has 0 atom stereocenters. The Morgan fingerprint density at radius 1 is 0.471 bits per heavy atom. The van der Waals surface area contributed by atoms with E-state index >= 15 is 0 Å². The summed E-state index contributed by atoms with van der Waals surface area (Å²) in [6.07, 6.45) is 0. The summed E-state index contributed by atoms with van der Waals surface area (Å²) in [6, 6.07) is 59.3. The number of anilines is 1. The minimum atomic E-state index is 0.511. The first kappa shape index (κ1) is 29.7. The molecule has 0 radical (unpaired) electrons. The summed E-state index contributed by atoms with van der Waals surface area (Å²) < 4.78 is 6.05. The Labute approximate surface area is 299 Å². The Morgan fingerprint density at radius 2 is 1.06 bits per heavy atom. The second-order valence-electron chi connectivity index (χ2n) is 13.1. The molecule has 0 aliphatic carbocycles. The van der Waals surface area contributed by atoms with E-state index in [1.807, 2.05) is 0 Å². The molecule has 7 aromatic carbocycles. The van der Waals surface area contributed by atoms with E-state index < -0.39 is 0 Å². The second-order valence-corrected chi connectivity index (χ2v) is 14.2. The lowest BCUT2D eigenvalue weighted by Gasteiger charge is -2.13. The van der Waals surface area contributed by atoms with Gasteiger partial charge in [-0.25, -0.2) is 0 Å². The molecular formula is C46H34N4S. The van der Waals surface area contributed by atoms with Gasteiger partial charge in [-0.1, -0.05) is 115 Å². The Morgan fingerprint density at radius 3 is 1.86 bits per heavy atom. The predicted molar refractivity (Wildman–Crippen MR) is 218 cm³/mol. The van der Waals surface area contributed by atoms with Gasteiger partial charge in [0.05, 0.1) is 34.4 Å². The fraction of sp³-hybridized carbons (Fsp3) is 0.0435. The van der Waals surface area contributed by atoms with Gasteiger partial charge in [0.2, 0.25) is 0 Å². The second kappa shape index (κ2) is 12.0. The number of nitrogens with two attached hydrogens (primary N) is 1. The first-order valence-electron chi connectivity index (χ1n) is 17.4. The summed E-state index contributed by atoms with van der Waals surface area (Å²) in [5.74, 6) is 0. The number of nitrogens with one attached hydrogen (secondary N) is 1. The van der Waals surface area contributed by atoms with Gasteiger partial charge in [-0.2, -0.15) is 0 Å². The highest BCUT2D eigenvalue weighted by Gasteiger charge is 2.17. The summed E-state index contributed by atoms with van der Waals surface area (Å²) in [7, 11) is 0. The number of benzene rings is 7. The van der Waals surface area contributed by atoms with Gasteiger partial charge in [0.15, 0.2) is 0 Å². The zero-order valence-electron chi connectivity index (χ0n) is 27.9. The lowest BCUT2D eigenvalue weighted by molar-refractivity contribution is 0.841. The monoisotopic (exact) mass is 674 g/mol. The molecular weight excluding hydrogens is 641 g/mol. The van der Waals surface area contributed by atoms with Crippen LogP contribution in [0.4, 0.5) is 5.69 Å². The molecule has 0 aliphatic heterocycles. The number of para-hydroxylation sites is 2. The van der Waals surface area contributed by atoms with E-state index in [-0.39, 0.29) is 0 Å².